The van der Waals surface area contributed by atoms with Gasteiger partial charge < -0.3 is 0 Å². The van der Waals surface area contributed by atoms with E-state index in [0.717, 1.165) is 28.6 Å². The molecule has 0 unspecified atom stereocenters. The summed E-state index contributed by atoms with van der Waals surface area (Å²) in [5.74, 6) is 0.631. The molecule has 0 saturated heterocycles. The highest BCUT2D eigenvalue weighted by Crippen LogP contribution is 2.32. The number of thioether (sulfide) groups is 1. The number of anilines is 2. The fourth-order valence-corrected chi connectivity index (χ4v) is 5.24. The zero-order valence-corrected chi connectivity index (χ0v) is 20.3. The van der Waals surface area contributed by atoms with Gasteiger partial charge in [0, 0.05) is 36.1 Å². The molecule has 5 nitrogen and oxygen atoms in total. The molecule has 0 saturated carbocycles. The highest BCUT2D eigenvalue weighted by Gasteiger charge is 2.18. The zero-order valence-electron chi connectivity index (χ0n) is 18.7. The predicted molar refractivity (Wildman–Crippen MR) is 133 cm³/mol. The van der Waals surface area contributed by atoms with Crippen LogP contribution in [0.3, 0.4) is 0 Å². The second-order valence-electron chi connectivity index (χ2n) is 7.63. The van der Waals surface area contributed by atoms with Gasteiger partial charge in [-0.05, 0) is 61.2 Å². The Hall–Kier alpha value is -2.90. The summed E-state index contributed by atoms with van der Waals surface area (Å²) in [7, 11) is 0. The van der Waals surface area contributed by atoms with E-state index in [1.807, 2.05) is 29.9 Å². The van der Waals surface area contributed by atoms with Crippen molar-refractivity contribution in [3.05, 3.63) is 82.6 Å². The van der Waals surface area contributed by atoms with Crippen LogP contribution in [0.4, 0.5) is 10.8 Å². The lowest BCUT2D eigenvalue weighted by molar-refractivity contribution is -0.115. The Labute approximate surface area is 197 Å². The van der Waals surface area contributed by atoms with E-state index in [-0.39, 0.29) is 5.91 Å². The van der Waals surface area contributed by atoms with Crippen LogP contribution in [-0.4, -0.2) is 20.4 Å². The van der Waals surface area contributed by atoms with Crippen LogP contribution in [0.15, 0.2) is 65.4 Å². The van der Waals surface area contributed by atoms with Gasteiger partial charge in [0.2, 0.25) is 5.91 Å². The molecule has 2 heterocycles. The number of benzene rings is 2. The third-order valence-electron chi connectivity index (χ3n) is 5.37. The van der Waals surface area contributed by atoms with Crippen LogP contribution in [0.1, 0.15) is 36.2 Å². The summed E-state index contributed by atoms with van der Waals surface area (Å²) in [5.41, 5.74) is 6.65. The first-order chi connectivity index (χ1) is 15.5. The molecule has 4 rings (SSSR count). The Balaban J connectivity index is 1.50. The molecule has 0 aliphatic heterocycles. The highest BCUT2D eigenvalue weighted by molar-refractivity contribution is 7.98. The van der Waals surface area contributed by atoms with Crippen LogP contribution < -0.4 is 4.90 Å². The SMILES string of the molecule is CCc1ccc(N(C(C)=O)c2nc(CSc3nccn3-c3ccc(C)c(C)c3)cs2)cc1. The third-order valence-corrected chi connectivity index (χ3v) is 7.25. The second kappa shape index (κ2) is 9.71. The van der Waals surface area contributed by atoms with Gasteiger partial charge in [-0.25, -0.2) is 9.97 Å². The van der Waals surface area contributed by atoms with E-state index in [9.17, 15) is 4.79 Å². The van der Waals surface area contributed by atoms with Gasteiger partial charge in [-0.3, -0.25) is 14.3 Å². The van der Waals surface area contributed by atoms with E-state index in [0.29, 0.717) is 10.9 Å². The minimum atomic E-state index is -0.0481. The standard InChI is InChI=1S/C25H26N4OS2/c1-5-20-7-10-22(11-8-20)29(19(4)30)25-27-21(16-32-25)15-31-24-26-12-13-28(24)23-9-6-17(2)18(3)14-23/h6-14,16H,5,15H2,1-4H3. The number of amides is 1. The molecule has 2 aromatic heterocycles. The van der Waals surface area contributed by atoms with Crippen molar-refractivity contribution in [3.8, 4) is 5.69 Å². The molecule has 1 amide bonds. The van der Waals surface area contributed by atoms with Gasteiger partial charge in [-0.1, -0.05) is 36.9 Å². The molecule has 0 atom stereocenters. The first-order valence-corrected chi connectivity index (χ1v) is 12.4. The van der Waals surface area contributed by atoms with Crippen molar-refractivity contribution in [2.45, 2.75) is 45.0 Å². The van der Waals surface area contributed by atoms with Gasteiger partial charge in [0.05, 0.1) is 11.4 Å². The Bertz CT molecular complexity index is 1230. The van der Waals surface area contributed by atoms with Crippen LogP contribution in [0.2, 0.25) is 0 Å². The molecule has 2 aromatic carbocycles. The number of imidazole rings is 1. The zero-order chi connectivity index (χ0) is 22.7. The van der Waals surface area contributed by atoms with Crippen LogP contribution >= 0.6 is 23.1 Å². The number of rotatable bonds is 7. The van der Waals surface area contributed by atoms with E-state index in [4.69, 9.17) is 4.98 Å². The maximum atomic E-state index is 12.4. The number of aromatic nitrogens is 3. The quantitative estimate of drug-likeness (QED) is 0.295. The van der Waals surface area contributed by atoms with Crippen molar-refractivity contribution in [1.82, 2.24) is 14.5 Å². The van der Waals surface area contributed by atoms with Gasteiger partial charge >= 0.3 is 0 Å². The molecule has 0 bridgehead atoms. The monoisotopic (exact) mass is 462 g/mol. The fourth-order valence-electron chi connectivity index (χ4n) is 3.38. The van der Waals surface area contributed by atoms with Gasteiger partial charge in [-0.15, -0.1) is 11.3 Å². The summed E-state index contributed by atoms with van der Waals surface area (Å²) < 4.78 is 2.10. The second-order valence-corrected chi connectivity index (χ2v) is 9.41. The molecule has 0 fully saturated rings. The van der Waals surface area contributed by atoms with Crippen LogP contribution in [0.25, 0.3) is 5.69 Å². The predicted octanol–water partition coefficient (Wildman–Crippen LogP) is 6.48. The lowest BCUT2D eigenvalue weighted by Gasteiger charge is -2.18. The van der Waals surface area contributed by atoms with E-state index in [1.54, 1.807) is 23.6 Å². The van der Waals surface area contributed by atoms with E-state index in [1.165, 1.54) is 28.0 Å². The number of hydrogen-bond acceptors (Lipinski definition) is 5. The Morgan fingerprint density at radius 1 is 1.12 bits per heavy atom. The smallest absolute Gasteiger partial charge is 0.230 e. The molecule has 32 heavy (non-hydrogen) atoms. The number of thiazole rings is 1. The van der Waals surface area contributed by atoms with Crippen molar-refractivity contribution in [2.24, 2.45) is 0 Å². The summed E-state index contributed by atoms with van der Waals surface area (Å²) in [6, 6.07) is 14.5. The van der Waals surface area contributed by atoms with Crippen molar-refractivity contribution in [1.29, 1.82) is 0 Å². The molecule has 0 aliphatic carbocycles. The lowest BCUT2D eigenvalue weighted by Crippen LogP contribution is -2.22. The molecular weight excluding hydrogens is 436 g/mol. The summed E-state index contributed by atoms with van der Waals surface area (Å²) >= 11 is 3.12. The highest BCUT2D eigenvalue weighted by atomic mass is 32.2. The Morgan fingerprint density at radius 2 is 1.91 bits per heavy atom. The molecule has 0 aliphatic rings. The molecule has 7 heteroatoms. The minimum absolute atomic E-state index is 0.0481. The largest absolute Gasteiger partial charge is 0.295 e. The van der Waals surface area contributed by atoms with Gasteiger partial charge in [0.25, 0.3) is 0 Å². The summed E-state index contributed by atoms with van der Waals surface area (Å²) in [6.07, 6.45) is 4.77. The fraction of sp³-hybridized carbons (Fsp3) is 0.240. The van der Waals surface area contributed by atoms with Gasteiger partial charge in [-0.2, -0.15) is 0 Å². The van der Waals surface area contributed by atoms with Crippen molar-refractivity contribution >= 4 is 39.8 Å². The maximum Gasteiger partial charge on any atom is 0.230 e. The first kappa shape index (κ1) is 22.3. The van der Waals surface area contributed by atoms with Crippen molar-refractivity contribution in [2.75, 3.05) is 4.90 Å². The van der Waals surface area contributed by atoms with E-state index >= 15 is 0 Å². The molecular formula is C25H26N4OS2. The first-order valence-electron chi connectivity index (χ1n) is 10.5. The number of hydrogen-bond donors (Lipinski definition) is 0. The third kappa shape index (κ3) is 4.79. The maximum absolute atomic E-state index is 12.4. The summed E-state index contributed by atoms with van der Waals surface area (Å²) in [5, 5.41) is 3.62. The summed E-state index contributed by atoms with van der Waals surface area (Å²) in [4.78, 5) is 23.3. The number of carbonyl (C=O) groups is 1. The van der Waals surface area contributed by atoms with Crippen LogP contribution in [-0.2, 0) is 17.0 Å². The van der Waals surface area contributed by atoms with E-state index in [2.05, 4.69) is 60.7 Å². The Kier molecular flexibility index (Phi) is 6.77. The molecule has 4 aromatic rings. The van der Waals surface area contributed by atoms with Gasteiger partial charge in [0.1, 0.15) is 0 Å². The van der Waals surface area contributed by atoms with Crippen LogP contribution in [0.5, 0.6) is 0 Å². The minimum Gasteiger partial charge on any atom is -0.295 e. The number of aryl methyl sites for hydroxylation is 3. The molecule has 0 N–H and O–H groups in total. The van der Waals surface area contributed by atoms with Crippen LogP contribution in [0, 0.1) is 13.8 Å². The number of nitrogens with zero attached hydrogens (tertiary/aromatic N) is 4. The summed E-state index contributed by atoms with van der Waals surface area (Å²) in [6.45, 7) is 7.93. The normalized spacial score (nSPS) is 11.0. The lowest BCUT2D eigenvalue weighted by atomic mass is 10.1. The average Bonchev–Trinajstić information content (AvgIpc) is 3.44. The van der Waals surface area contributed by atoms with Gasteiger partial charge in [0.15, 0.2) is 10.3 Å². The molecule has 0 spiro atoms. The van der Waals surface area contributed by atoms with E-state index < -0.39 is 0 Å². The average molecular weight is 463 g/mol. The molecule has 0 radical (unpaired) electrons. The number of carbonyl (C=O) groups excluding carboxylic acids is 1. The molecule has 164 valence electrons. The van der Waals surface area contributed by atoms with Crippen molar-refractivity contribution < 1.29 is 4.79 Å². The Morgan fingerprint density at radius 3 is 2.59 bits per heavy atom. The van der Waals surface area contributed by atoms with Crippen molar-refractivity contribution in [3.63, 3.8) is 0 Å². The topological polar surface area (TPSA) is 51.0 Å².